The molecule has 3 N–H and O–H groups in total. The van der Waals surface area contributed by atoms with Crippen LogP contribution in [0.3, 0.4) is 0 Å². The highest BCUT2D eigenvalue weighted by molar-refractivity contribution is 5.83. The molecular weight excluding hydrogens is 256 g/mol. The first-order valence-electron chi connectivity index (χ1n) is 5.93. The molecule has 19 heavy (non-hydrogen) atoms. The van der Waals surface area contributed by atoms with Crippen molar-refractivity contribution in [2.45, 2.75) is 25.8 Å². The molecule has 0 aliphatic rings. The maximum Gasteiger partial charge on any atom is 0.326 e. The Bertz CT molecular complexity index is 308. The number of aliphatic carboxylic acids is 1. The molecule has 110 valence electrons. The highest BCUT2D eigenvalue weighted by Crippen LogP contribution is 1.99. The standard InChI is InChI=1S/C11H20N2O6/c1-3-19-7-6-12-11(17)13-8(10(15)16)4-5-9(14)18-2/h8H,3-7H2,1-2H3,(H,15,16)(H2,12,13,17)/t8-/m1/s1. The minimum atomic E-state index is -1.20. The van der Waals surface area contributed by atoms with E-state index in [1.54, 1.807) is 0 Å². The van der Waals surface area contributed by atoms with E-state index in [0.29, 0.717) is 13.2 Å². The molecule has 1 atom stereocenters. The van der Waals surface area contributed by atoms with Crippen molar-refractivity contribution in [1.82, 2.24) is 10.6 Å². The lowest BCUT2D eigenvalue weighted by Gasteiger charge is -2.14. The van der Waals surface area contributed by atoms with E-state index in [1.165, 1.54) is 7.11 Å². The van der Waals surface area contributed by atoms with Crippen LogP contribution in [-0.2, 0) is 19.1 Å². The summed E-state index contributed by atoms with van der Waals surface area (Å²) in [5, 5.41) is 13.6. The van der Waals surface area contributed by atoms with Crippen LogP contribution in [0.25, 0.3) is 0 Å². The fourth-order valence-corrected chi connectivity index (χ4v) is 1.21. The highest BCUT2D eigenvalue weighted by Gasteiger charge is 2.20. The minimum absolute atomic E-state index is 0.0269. The molecule has 0 spiro atoms. The van der Waals surface area contributed by atoms with Gasteiger partial charge in [-0.25, -0.2) is 9.59 Å². The number of ether oxygens (including phenoxy) is 2. The zero-order valence-electron chi connectivity index (χ0n) is 11.1. The number of urea groups is 1. The summed E-state index contributed by atoms with van der Waals surface area (Å²) in [6.45, 7) is 3.00. The summed E-state index contributed by atoms with van der Waals surface area (Å²) in [6.07, 6.45) is -0.104. The maximum absolute atomic E-state index is 11.4. The number of carboxylic acid groups (broad SMARTS) is 1. The molecule has 0 heterocycles. The molecule has 8 nitrogen and oxygen atoms in total. The van der Waals surface area contributed by atoms with Gasteiger partial charge in [0.15, 0.2) is 0 Å². The van der Waals surface area contributed by atoms with E-state index in [2.05, 4.69) is 15.4 Å². The third-order valence-corrected chi connectivity index (χ3v) is 2.20. The predicted molar refractivity (Wildman–Crippen MR) is 65.7 cm³/mol. The first kappa shape index (κ1) is 17.2. The molecule has 0 bridgehead atoms. The number of carbonyl (C=O) groups excluding carboxylic acids is 2. The Balaban J connectivity index is 4.01. The van der Waals surface area contributed by atoms with Crippen molar-refractivity contribution in [2.75, 3.05) is 26.9 Å². The summed E-state index contributed by atoms with van der Waals surface area (Å²) in [4.78, 5) is 33.2. The van der Waals surface area contributed by atoms with Gasteiger partial charge in [-0.05, 0) is 13.3 Å². The van der Waals surface area contributed by atoms with E-state index in [9.17, 15) is 14.4 Å². The average Bonchev–Trinajstić information content (AvgIpc) is 2.38. The van der Waals surface area contributed by atoms with E-state index in [0.717, 1.165) is 0 Å². The Hall–Kier alpha value is -1.83. The summed E-state index contributed by atoms with van der Waals surface area (Å²) in [6, 6.07) is -1.75. The Morgan fingerprint density at radius 1 is 1.32 bits per heavy atom. The van der Waals surface area contributed by atoms with Gasteiger partial charge in [-0.1, -0.05) is 0 Å². The van der Waals surface area contributed by atoms with Crippen molar-refractivity contribution in [1.29, 1.82) is 0 Å². The second-order valence-electron chi connectivity index (χ2n) is 3.60. The van der Waals surface area contributed by atoms with Crippen LogP contribution in [0.1, 0.15) is 19.8 Å². The van der Waals surface area contributed by atoms with Gasteiger partial charge in [0.25, 0.3) is 0 Å². The lowest BCUT2D eigenvalue weighted by molar-refractivity contribution is -0.142. The first-order chi connectivity index (χ1) is 9.01. The average molecular weight is 276 g/mol. The van der Waals surface area contributed by atoms with E-state index < -0.39 is 24.0 Å². The zero-order chi connectivity index (χ0) is 14.7. The molecule has 0 rings (SSSR count). The van der Waals surface area contributed by atoms with Crippen molar-refractivity contribution >= 4 is 18.0 Å². The number of hydrogen-bond donors (Lipinski definition) is 3. The SMILES string of the molecule is CCOCCNC(=O)N[C@H](CCC(=O)OC)C(=O)O. The molecular formula is C11H20N2O6. The normalized spacial score (nSPS) is 11.5. The minimum Gasteiger partial charge on any atom is -0.480 e. The van der Waals surface area contributed by atoms with Gasteiger partial charge in [-0.3, -0.25) is 4.79 Å². The number of esters is 1. The Morgan fingerprint density at radius 3 is 2.53 bits per heavy atom. The smallest absolute Gasteiger partial charge is 0.326 e. The largest absolute Gasteiger partial charge is 0.480 e. The first-order valence-corrected chi connectivity index (χ1v) is 5.93. The van der Waals surface area contributed by atoms with Crippen molar-refractivity contribution < 1.29 is 29.0 Å². The molecule has 8 heteroatoms. The summed E-state index contributed by atoms with van der Waals surface area (Å²) in [5.41, 5.74) is 0. The summed E-state index contributed by atoms with van der Waals surface area (Å²) < 4.78 is 9.41. The third-order valence-electron chi connectivity index (χ3n) is 2.20. The number of hydrogen-bond acceptors (Lipinski definition) is 5. The van der Waals surface area contributed by atoms with Crippen LogP contribution in [-0.4, -0.2) is 56.0 Å². The number of rotatable bonds is 9. The van der Waals surface area contributed by atoms with E-state index in [-0.39, 0.29) is 19.4 Å². The number of carbonyl (C=O) groups is 3. The van der Waals surface area contributed by atoms with Crippen molar-refractivity contribution in [3.63, 3.8) is 0 Å². The topological polar surface area (TPSA) is 114 Å². The molecule has 0 fully saturated rings. The fourth-order valence-electron chi connectivity index (χ4n) is 1.21. The van der Waals surface area contributed by atoms with Crippen LogP contribution in [0.4, 0.5) is 4.79 Å². The summed E-state index contributed by atoms with van der Waals surface area (Å²) in [5.74, 6) is -1.73. The number of methoxy groups -OCH3 is 1. The van der Waals surface area contributed by atoms with E-state index in [1.807, 2.05) is 6.92 Å². The zero-order valence-corrected chi connectivity index (χ0v) is 11.1. The molecule has 0 aromatic rings. The number of carboxylic acids is 1. The second-order valence-corrected chi connectivity index (χ2v) is 3.60. The van der Waals surface area contributed by atoms with Gasteiger partial charge >= 0.3 is 18.0 Å². The van der Waals surface area contributed by atoms with Gasteiger partial charge < -0.3 is 25.2 Å². The monoisotopic (exact) mass is 276 g/mol. The van der Waals surface area contributed by atoms with Gasteiger partial charge in [0.2, 0.25) is 0 Å². The Morgan fingerprint density at radius 2 is 2.00 bits per heavy atom. The lowest BCUT2D eigenvalue weighted by atomic mass is 10.1. The van der Waals surface area contributed by atoms with Crippen LogP contribution < -0.4 is 10.6 Å². The Kier molecular flexibility index (Phi) is 9.15. The van der Waals surface area contributed by atoms with Crippen LogP contribution in [0.2, 0.25) is 0 Å². The van der Waals surface area contributed by atoms with Crippen molar-refractivity contribution in [3.05, 3.63) is 0 Å². The molecule has 0 aliphatic carbocycles. The molecule has 0 saturated heterocycles. The molecule has 0 aliphatic heterocycles. The van der Waals surface area contributed by atoms with E-state index in [4.69, 9.17) is 9.84 Å². The summed E-state index contributed by atoms with van der Waals surface area (Å²) in [7, 11) is 1.21. The number of nitrogens with one attached hydrogen (secondary N) is 2. The third kappa shape index (κ3) is 8.83. The molecule has 0 saturated carbocycles. The quantitative estimate of drug-likeness (QED) is 0.394. The molecule has 0 unspecified atom stereocenters. The number of amides is 2. The van der Waals surface area contributed by atoms with Gasteiger partial charge in [-0.15, -0.1) is 0 Å². The van der Waals surface area contributed by atoms with E-state index >= 15 is 0 Å². The molecule has 0 aromatic heterocycles. The van der Waals surface area contributed by atoms with Crippen LogP contribution in [0.15, 0.2) is 0 Å². The van der Waals surface area contributed by atoms with Crippen LogP contribution in [0.5, 0.6) is 0 Å². The van der Waals surface area contributed by atoms with Gasteiger partial charge in [-0.2, -0.15) is 0 Å². The predicted octanol–water partition coefficient (Wildman–Crippen LogP) is -0.271. The fraction of sp³-hybridized carbons (Fsp3) is 0.727. The van der Waals surface area contributed by atoms with Crippen LogP contribution in [0, 0.1) is 0 Å². The van der Waals surface area contributed by atoms with Crippen LogP contribution >= 0.6 is 0 Å². The van der Waals surface area contributed by atoms with Crippen molar-refractivity contribution in [3.8, 4) is 0 Å². The van der Waals surface area contributed by atoms with Crippen molar-refractivity contribution in [2.24, 2.45) is 0 Å². The lowest BCUT2D eigenvalue weighted by Crippen LogP contribution is -2.46. The molecule has 0 aromatic carbocycles. The highest BCUT2D eigenvalue weighted by atomic mass is 16.5. The summed E-state index contributed by atoms with van der Waals surface area (Å²) >= 11 is 0. The maximum atomic E-state index is 11.4. The van der Waals surface area contributed by atoms with Gasteiger partial charge in [0.1, 0.15) is 6.04 Å². The Labute approximate surface area is 111 Å². The molecule has 0 radical (unpaired) electrons. The molecule has 2 amide bonds. The van der Waals surface area contributed by atoms with Gasteiger partial charge in [0.05, 0.1) is 13.7 Å². The van der Waals surface area contributed by atoms with Gasteiger partial charge in [0, 0.05) is 19.6 Å². The second kappa shape index (κ2) is 10.1.